The monoisotopic (exact) mass is 235 g/mol. The van der Waals surface area contributed by atoms with E-state index in [0.717, 1.165) is 18.4 Å². The van der Waals surface area contributed by atoms with Crippen molar-refractivity contribution < 1.29 is 14.3 Å². The van der Waals surface area contributed by atoms with Crippen molar-refractivity contribution in [1.82, 2.24) is 0 Å². The zero-order valence-electron chi connectivity index (χ0n) is 10.2. The molecule has 0 unspecified atom stereocenters. The molecule has 0 aliphatic heterocycles. The maximum Gasteiger partial charge on any atom is 0.340 e. The molecule has 0 heterocycles. The second-order valence-electron chi connectivity index (χ2n) is 4.36. The van der Waals surface area contributed by atoms with E-state index in [-0.39, 0.29) is 6.10 Å². The van der Waals surface area contributed by atoms with Gasteiger partial charge in [-0.2, -0.15) is 0 Å². The molecular formula is C13H17NO3. The summed E-state index contributed by atoms with van der Waals surface area (Å²) in [6, 6.07) is 3.52. The first-order chi connectivity index (χ1) is 8.11. The molecule has 4 nitrogen and oxygen atoms in total. The van der Waals surface area contributed by atoms with Crippen molar-refractivity contribution in [2.75, 3.05) is 12.8 Å². The second kappa shape index (κ2) is 4.65. The van der Waals surface area contributed by atoms with E-state index in [1.807, 2.05) is 13.0 Å². The Labute approximate surface area is 101 Å². The lowest BCUT2D eigenvalue weighted by Gasteiger charge is -2.26. The molecule has 4 heteroatoms. The van der Waals surface area contributed by atoms with E-state index in [1.54, 1.807) is 6.07 Å². The normalized spacial score (nSPS) is 15.2. The largest absolute Gasteiger partial charge is 0.490 e. The Hall–Kier alpha value is -1.71. The Bertz CT molecular complexity index is 439. The number of aryl methyl sites for hydroxylation is 1. The van der Waals surface area contributed by atoms with Crippen molar-refractivity contribution in [3.63, 3.8) is 0 Å². The smallest absolute Gasteiger partial charge is 0.340 e. The van der Waals surface area contributed by atoms with Gasteiger partial charge in [0.25, 0.3) is 0 Å². The molecule has 2 rings (SSSR count). The lowest BCUT2D eigenvalue weighted by Crippen LogP contribution is -2.24. The van der Waals surface area contributed by atoms with Crippen molar-refractivity contribution in [2.24, 2.45) is 0 Å². The molecular weight excluding hydrogens is 218 g/mol. The third kappa shape index (κ3) is 2.35. The lowest BCUT2D eigenvalue weighted by atomic mass is 9.96. The average molecular weight is 235 g/mol. The van der Waals surface area contributed by atoms with E-state index in [0.29, 0.717) is 17.0 Å². The highest BCUT2D eigenvalue weighted by Crippen LogP contribution is 2.29. The minimum atomic E-state index is -0.426. The summed E-state index contributed by atoms with van der Waals surface area (Å²) in [4.78, 5) is 11.6. The number of esters is 1. The minimum absolute atomic E-state index is 0.281. The van der Waals surface area contributed by atoms with Gasteiger partial charge in [0.15, 0.2) is 0 Å². The zero-order chi connectivity index (χ0) is 12.4. The highest BCUT2D eigenvalue weighted by atomic mass is 16.5. The van der Waals surface area contributed by atoms with Crippen LogP contribution < -0.4 is 10.5 Å². The zero-order valence-corrected chi connectivity index (χ0v) is 10.2. The van der Waals surface area contributed by atoms with Crippen LogP contribution in [-0.2, 0) is 4.74 Å². The molecule has 17 heavy (non-hydrogen) atoms. The van der Waals surface area contributed by atoms with Gasteiger partial charge in [0.1, 0.15) is 5.75 Å². The van der Waals surface area contributed by atoms with E-state index in [1.165, 1.54) is 13.5 Å². The Balaban J connectivity index is 2.27. The lowest BCUT2D eigenvalue weighted by molar-refractivity contribution is 0.0600. The van der Waals surface area contributed by atoms with E-state index < -0.39 is 5.97 Å². The topological polar surface area (TPSA) is 61.5 Å². The molecule has 1 aromatic rings. The van der Waals surface area contributed by atoms with E-state index >= 15 is 0 Å². The quantitative estimate of drug-likeness (QED) is 0.645. The van der Waals surface area contributed by atoms with E-state index in [9.17, 15) is 4.79 Å². The summed E-state index contributed by atoms with van der Waals surface area (Å²) in [6.07, 6.45) is 3.65. The number of anilines is 1. The first kappa shape index (κ1) is 11.8. The number of methoxy groups -OCH3 is 1. The van der Waals surface area contributed by atoms with Crippen LogP contribution in [-0.4, -0.2) is 19.2 Å². The summed E-state index contributed by atoms with van der Waals surface area (Å²) in [6.45, 7) is 1.86. The van der Waals surface area contributed by atoms with Crippen LogP contribution >= 0.6 is 0 Å². The van der Waals surface area contributed by atoms with Gasteiger partial charge in [-0.3, -0.25) is 0 Å². The van der Waals surface area contributed by atoms with Crippen molar-refractivity contribution in [3.05, 3.63) is 23.3 Å². The minimum Gasteiger partial charge on any atom is -0.490 e. The molecule has 0 atom stereocenters. The van der Waals surface area contributed by atoms with E-state index in [2.05, 4.69) is 0 Å². The standard InChI is InChI=1S/C13H17NO3/c1-8-6-10(17-9-4-3-5-9)7-11(12(8)14)13(15)16-2/h6-7,9H,3-5,14H2,1-2H3. The van der Waals surface area contributed by atoms with Crippen LogP contribution in [0.1, 0.15) is 35.2 Å². The number of carbonyl (C=O) groups is 1. The Kier molecular flexibility index (Phi) is 3.22. The van der Waals surface area contributed by atoms with Crippen LogP contribution in [0.5, 0.6) is 5.75 Å². The molecule has 92 valence electrons. The number of nitrogens with two attached hydrogens (primary N) is 1. The third-order valence-electron chi connectivity index (χ3n) is 3.12. The molecule has 1 aliphatic rings. The molecule has 0 aromatic heterocycles. The number of nitrogen functional groups attached to an aromatic ring is 1. The molecule has 0 bridgehead atoms. The van der Waals surface area contributed by atoms with Crippen LogP contribution in [0, 0.1) is 6.92 Å². The number of ether oxygens (including phenoxy) is 2. The predicted molar refractivity (Wildman–Crippen MR) is 65.2 cm³/mol. The van der Waals surface area contributed by atoms with Crippen LogP contribution in [0.2, 0.25) is 0 Å². The summed E-state index contributed by atoms with van der Waals surface area (Å²) >= 11 is 0. The second-order valence-corrected chi connectivity index (χ2v) is 4.36. The first-order valence-electron chi connectivity index (χ1n) is 5.77. The Morgan fingerprint density at radius 2 is 2.12 bits per heavy atom. The van der Waals surface area contributed by atoms with Gasteiger partial charge in [-0.05, 0) is 43.9 Å². The summed E-state index contributed by atoms with van der Waals surface area (Å²) in [5.74, 6) is 0.270. The Morgan fingerprint density at radius 3 is 2.65 bits per heavy atom. The average Bonchev–Trinajstić information content (AvgIpc) is 2.27. The maximum absolute atomic E-state index is 11.6. The molecule has 1 saturated carbocycles. The van der Waals surface area contributed by atoms with Gasteiger partial charge in [-0.25, -0.2) is 4.79 Å². The van der Waals surface area contributed by atoms with Gasteiger partial charge in [-0.15, -0.1) is 0 Å². The van der Waals surface area contributed by atoms with Crippen LogP contribution in [0.15, 0.2) is 12.1 Å². The molecule has 0 amide bonds. The molecule has 1 aromatic carbocycles. The fourth-order valence-corrected chi connectivity index (χ4v) is 1.79. The SMILES string of the molecule is COC(=O)c1cc(OC2CCC2)cc(C)c1N. The van der Waals surface area contributed by atoms with Crippen LogP contribution in [0.4, 0.5) is 5.69 Å². The van der Waals surface area contributed by atoms with Crippen LogP contribution in [0.25, 0.3) is 0 Å². The summed E-state index contributed by atoms with van der Waals surface area (Å²) in [5, 5.41) is 0. The summed E-state index contributed by atoms with van der Waals surface area (Å²) in [7, 11) is 1.34. The van der Waals surface area contributed by atoms with Gasteiger partial charge in [0, 0.05) is 5.69 Å². The molecule has 2 N–H and O–H groups in total. The fourth-order valence-electron chi connectivity index (χ4n) is 1.79. The van der Waals surface area contributed by atoms with Crippen LogP contribution in [0.3, 0.4) is 0 Å². The maximum atomic E-state index is 11.6. The highest BCUT2D eigenvalue weighted by Gasteiger charge is 2.21. The number of rotatable bonds is 3. The van der Waals surface area contributed by atoms with Gasteiger partial charge in [0.05, 0.1) is 18.8 Å². The number of benzene rings is 1. The van der Waals surface area contributed by atoms with Gasteiger partial charge < -0.3 is 15.2 Å². The summed E-state index contributed by atoms with van der Waals surface area (Å²) < 4.78 is 10.5. The van der Waals surface area contributed by atoms with Crippen molar-refractivity contribution in [3.8, 4) is 5.75 Å². The first-order valence-corrected chi connectivity index (χ1v) is 5.77. The highest BCUT2D eigenvalue weighted by molar-refractivity contribution is 5.96. The van der Waals surface area contributed by atoms with E-state index in [4.69, 9.17) is 15.2 Å². The van der Waals surface area contributed by atoms with Gasteiger partial charge >= 0.3 is 5.97 Å². The molecule has 1 fully saturated rings. The van der Waals surface area contributed by atoms with Gasteiger partial charge in [-0.1, -0.05) is 0 Å². The van der Waals surface area contributed by atoms with Crippen molar-refractivity contribution in [1.29, 1.82) is 0 Å². The number of hydrogen-bond acceptors (Lipinski definition) is 4. The van der Waals surface area contributed by atoms with Crippen molar-refractivity contribution in [2.45, 2.75) is 32.3 Å². The fraction of sp³-hybridized carbons (Fsp3) is 0.462. The molecule has 0 radical (unpaired) electrons. The third-order valence-corrected chi connectivity index (χ3v) is 3.12. The molecule has 0 saturated heterocycles. The molecule has 1 aliphatic carbocycles. The molecule has 0 spiro atoms. The van der Waals surface area contributed by atoms with Crippen molar-refractivity contribution >= 4 is 11.7 Å². The predicted octanol–water partition coefficient (Wildman–Crippen LogP) is 2.30. The number of hydrogen-bond donors (Lipinski definition) is 1. The number of carbonyl (C=O) groups excluding carboxylic acids is 1. The Morgan fingerprint density at radius 1 is 1.41 bits per heavy atom. The summed E-state index contributed by atoms with van der Waals surface area (Å²) in [5.41, 5.74) is 7.52. The van der Waals surface area contributed by atoms with Gasteiger partial charge in [0.2, 0.25) is 0 Å².